The van der Waals surface area contributed by atoms with Crippen LogP contribution in [0, 0.1) is 3.57 Å². The van der Waals surface area contributed by atoms with Gasteiger partial charge in [0.1, 0.15) is 5.82 Å². The highest BCUT2D eigenvalue weighted by Crippen LogP contribution is 2.23. The van der Waals surface area contributed by atoms with Crippen molar-refractivity contribution in [2.45, 2.75) is 0 Å². The molecule has 0 bridgehead atoms. The van der Waals surface area contributed by atoms with Crippen LogP contribution >= 0.6 is 34.2 Å². The van der Waals surface area contributed by atoms with Crippen molar-refractivity contribution in [3.63, 3.8) is 0 Å². The van der Waals surface area contributed by atoms with Gasteiger partial charge in [0.25, 0.3) is 0 Å². The highest BCUT2D eigenvalue weighted by molar-refractivity contribution is 14.1. The quantitative estimate of drug-likeness (QED) is 0.584. The van der Waals surface area contributed by atoms with Crippen LogP contribution in [-0.2, 0) is 0 Å². The third kappa shape index (κ3) is 2.67. The van der Waals surface area contributed by atoms with Gasteiger partial charge in [-0.25, -0.2) is 4.98 Å². The lowest BCUT2D eigenvalue weighted by atomic mass is 10.2. The lowest BCUT2D eigenvalue weighted by Gasteiger charge is -2.08. The standard InChI is InChI=1S/C15H10ClIN2/c16-12-6-4-11(5-7-12)15-18-8-9-19(15)14-3-1-2-13(17)10-14/h1-10H. The van der Waals surface area contributed by atoms with Gasteiger partial charge in [-0.15, -0.1) is 0 Å². The van der Waals surface area contributed by atoms with Crippen LogP contribution in [0.5, 0.6) is 0 Å². The smallest absolute Gasteiger partial charge is 0.144 e. The van der Waals surface area contributed by atoms with Crippen molar-refractivity contribution in [2.24, 2.45) is 0 Å². The van der Waals surface area contributed by atoms with Gasteiger partial charge < -0.3 is 0 Å². The summed E-state index contributed by atoms with van der Waals surface area (Å²) in [6.07, 6.45) is 3.78. The Morgan fingerprint density at radius 2 is 1.84 bits per heavy atom. The molecule has 0 atom stereocenters. The van der Waals surface area contributed by atoms with Crippen LogP contribution < -0.4 is 0 Å². The molecule has 2 aromatic carbocycles. The number of benzene rings is 2. The summed E-state index contributed by atoms with van der Waals surface area (Å²) >= 11 is 8.23. The van der Waals surface area contributed by atoms with Crippen LogP contribution in [0.4, 0.5) is 0 Å². The Balaban J connectivity index is 2.10. The number of nitrogens with zero attached hydrogens (tertiary/aromatic N) is 2. The Kier molecular flexibility index (Phi) is 3.57. The molecule has 0 spiro atoms. The Morgan fingerprint density at radius 3 is 2.58 bits per heavy atom. The summed E-state index contributed by atoms with van der Waals surface area (Å²) < 4.78 is 3.27. The van der Waals surface area contributed by atoms with Gasteiger partial charge in [-0.05, 0) is 65.1 Å². The summed E-state index contributed by atoms with van der Waals surface area (Å²) in [7, 11) is 0. The molecule has 3 rings (SSSR count). The topological polar surface area (TPSA) is 17.8 Å². The van der Waals surface area contributed by atoms with E-state index in [1.165, 1.54) is 3.57 Å². The second kappa shape index (κ2) is 5.35. The summed E-state index contributed by atoms with van der Waals surface area (Å²) in [6, 6.07) is 16.0. The highest BCUT2D eigenvalue weighted by atomic mass is 127. The molecule has 94 valence electrons. The van der Waals surface area contributed by atoms with Crippen LogP contribution in [0.15, 0.2) is 60.9 Å². The van der Waals surface area contributed by atoms with Crippen molar-refractivity contribution in [2.75, 3.05) is 0 Å². The number of rotatable bonds is 2. The molecule has 0 aliphatic heterocycles. The van der Waals surface area contributed by atoms with Crippen molar-refractivity contribution in [1.29, 1.82) is 0 Å². The maximum atomic E-state index is 5.92. The van der Waals surface area contributed by atoms with Crippen molar-refractivity contribution < 1.29 is 0 Å². The van der Waals surface area contributed by atoms with Crippen molar-refractivity contribution in [3.05, 3.63) is 69.5 Å². The molecule has 0 aliphatic carbocycles. The minimum Gasteiger partial charge on any atom is -0.300 e. The van der Waals surface area contributed by atoms with E-state index in [1.54, 1.807) is 0 Å². The van der Waals surface area contributed by atoms with Crippen LogP contribution in [0.25, 0.3) is 17.1 Å². The Morgan fingerprint density at radius 1 is 1.05 bits per heavy atom. The van der Waals surface area contributed by atoms with Gasteiger partial charge in [0.15, 0.2) is 0 Å². The summed E-state index contributed by atoms with van der Waals surface area (Å²) in [5.74, 6) is 0.915. The number of imidazole rings is 1. The molecule has 1 aromatic heterocycles. The molecule has 0 N–H and O–H groups in total. The average Bonchev–Trinajstić information content (AvgIpc) is 2.89. The molecular weight excluding hydrogens is 371 g/mol. The third-order valence-corrected chi connectivity index (χ3v) is 3.75. The molecule has 0 saturated heterocycles. The molecule has 4 heteroatoms. The first-order valence-corrected chi connectivity index (χ1v) is 7.25. The summed E-state index contributed by atoms with van der Waals surface area (Å²) in [6.45, 7) is 0. The Bertz CT molecular complexity index is 704. The van der Waals surface area contributed by atoms with E-state index in [9.17, 15) is 0 Å². The minimum atomic E-state index is 0.733. The maximum absolute atomic E-state index is 5.92. The predicted octanol–water partition coefficient (Wildman–Crippen LogP) is 4.80. The van der Waals surface area contributed by atoms with E-state index >= 15 is 0 Å². The minimum absolute atomic E-state index is 0.733. The highest BCUT2D eigenvalue weighted by Gasteiger charge is 2.07. The van der Waals surface area contributed by atoms with Gasteiger partial charge in [-0.1, -0.05) is 17.7 Å². The molecule has 3 aromatic rings. The Hall–Kier alpha value is -1.33. The van der Waals surface area contributed by atoms with E-state index in [-0.39, 0.29) is 0 Å². The van der Waals surface area contributed by atoms with Crippen LogP contribution in [0.1, 0.15) is 0 Å². The van der Waals surface area contributed by atoms with Gasteiger partial charge >= 0.3 is 0 Å². The van der Waals surface area contributed by atoms with E-state index in [0.29, 0.717) is 0 Å². The van der Waals surface area contributed by atoms with E-state index in [0.717, 1.165) is 22.1 Å². The van der Waals surface area contributed by atoms with Crippen molar-refractivity contribution >= 4 is 34.2 Å². The molecule has 0 saturated carbocycles. The lowest BCUT2D eigenvalue weighted by Crippen LogP contribution is -1.96. The molecule has 1 heterocycles. The molecular formula is C15H10ClIN2. The van der Waals surface area contributed by atoms with Crippen LogP contribution in [-0.4, -0.2) is 9.55 Å². The fraction of sp³-hybridized carbons (Fsp3) is 0. The third-order valence-electron chi connectivity index (χ3n) is 2.83. The fourth-order valence-corrected chi connectivity index (χ4v) is 2.60. The fourth-order valence-electron chi connectivity index (χ4n) is 1.95. The maximum Gasteiger partial charge on any atom is 0.144 e. The second-order valence-corrected chi connectivity index (χ2v) is 5.79. The molecule has 0 unspecified atom stereocenters. The van der Waals surface area contributed by atoms with Gasteiger partial charge in [0.05, 0.1) is 0 Å². The SMILES string of the molecule is Clc1ccc(-c2nccn2-c2cccc(I)c2)cc1. The van der Waals surface area contributed by atoms with E-state index < -0.39 is 0 Å². The van der Waals surface area contributed by atoms with Crippen LogP contribution in [0.3, 0.4) is 0 Å². The van der Waals surface area contributed by atoms with E-state index in [1.807, 2.05) is 42.7 Å². The zero-order valence-corrected chi connectivity index (χ0v) is 12.8. The first-order chi connectivity index (χ1) is 9.24. The molecule has 0 aliphatic rings. The number of aromatic nitrogens is 2. The number of hydrogen-bond donors (Lipinski definition) is 0. The summed E-state index contributed by atoms with van der Waals surface area (Å²) in [4.78, 5) is 4.44. The van der Waals surface area contributed by atoms with Gasteiger partial charge in [-0.2, -0.15) is 0 Å². The summed E-state index contributed by atoms with van der Waals surface area (Å²) in [5, 5.41) is 0.733. The van der Waals surface area contributed by atoms with Gasteiger partial charge in [-0.3, -0.25) is 4.57 Å². The molecule has 0 radical (unpaired) electrons. The van der Waals surface area contributed by atoms with Gasteiger partial charge in [0, 0.05) is 32.2 Å². The van der Waals surface area contributed by atoms with E-state index in [4.69, 9.17) is 11.6 Å². The molecule has 0 fully saturated rings. The molecule has 19 heavy (non-hydrogen) atoms. The first-order valence-electron chi connectivity index (χ1n) is 5.79. The normalized spacial score (nSPS) is 10.6. The molecule has 0 amide bonds. The Labute approximate surface area is 130 Å². The van der Waals surface area contributed by atoms with Crippen molar-refractivity contribution in [3.8, 4) is 17.1 Å². The second-order valence-electron chi connectivity index (χ2n) is 4.11. The largest absolute Gasteiger partial charge is 0.300 e. The number of halogens is 2. The monoisotopic (exact) mass is 380 g/mol. The van der Waals surface area contributed by atoms with E-state index in [2.05, 4.69) is 50.3 Å². The lowest BCUT2D eigenvalue weighted by molar-refractivity contribution is 1.07. The summed E-state index contributed by atoms with van der Waals surface area (Å²) in [5.41, 5.74) is 2.16. The predicted molar refractivity (Wildman–Crippen MR) is 86.7 cm³/mol. The number of hydrogen-bond acceptors (Lipinski definition) is 1. The van der Waals surface area contributed by atoms with Gasteiger partial charge in [0.2, 0.25) is 0 Å². The molecule has 2 nitrogen and oxygen atoms in total. The average molecular weight is 381 g/mol. The first kappa shape index (κ1) is 12.7. The van der Waals surface area contributed by atoms with Crippen LogP contribution in [0.2, 0.25) is 5.02 Å². The zero-order valence-electron chi connectivity index (χ0n) is 9.92. The zero-order chi connectivity index (χ0) is 13.2. The van der Waals surface area contributed by atoms with Crippen molar-refractivity contribution in [1.82, 2.24) is 9.55 Å².